The Hall–Kier alpha value is -0.570. The smallest absolute Gasteiger partial charge is 0.147 e. The third-order valence-electron chi connectivity index (χ3n) is 3.67. The lowest BCUT2D eigenvalue weighted by molar-refractivity contribution is 0.341. The van der Waals surface area contributed by atoms with Gasteiger partial charge in [-0.05, 0) is 48.9 Å². The molecule has 1 fully saturated rings. The van der Waals surface area contributed by atoms with Crippen LogP contribution in [0.1, 0.15) is 24.8 Å². The van der Waals surface area contributed by atoms with Gasteiger partial charge in [-0.1, -0.05) is 29.3 Å². The molecule has 1 saturated heterocycles. The van der Waals surface area contributed by atoms with Crippen LogP contribution in [0.5, 0.6) is 0 Å². The molecular weight excluding hydrogens is 255 g/mol. The van der Waals surface area contributed by atoms with Crippen LogP contribution in [-0.2, 0) is 0 Å². The van der Waals surface area contributed by atoms with Crippen molar-refractivity contribution in [1.82, 2.24) is 10.3 Å². The zero-order valence-corrected chi connectivity index (χ0v) is 10.9. The van der Waals surface area contributed by atoms with E-state index in [2.05, 4.69) is 16.4 Å². The van der Waals surface area contributed by atoms with Crippen molar-refractivity contribution < 1.29 is 0 Å². The summed E-state index contributed by atoms with van der Waals surface area (Å²) in [6.45, 7) is 1.13. The minimum atomic E-state index is 0.379. The van der Waals surface area contributed by atoms with Gasteiger partial charge in [0.1, 0.15) is 5.15 Å². The fraction of sp³-hybridized carbons (Fsp3) is 0.462. The van der Waals surface area contributed by atoms with E-state index in [-0.39, 0.29) is 0 Å². The largest absolute Gasteiger partial charge is 0.310 e. The molecule has 4 heteroatoms. The molecule has 2 unspecified atom stereocenters. The Balaban J connectivity index is 1.87. The van der Waals surface area contributed by atoms with Crippen molar-refractivity contribution in [1.29, 1.82) is 0 Å². The van der Waals surface area contributed by atoms with Crippen molar-refractivity contribution in [3.63, 3.8) is 0 Å². The van der Waals surface area contributed by atoms with Gasteiger partial charge in [-0.2, -0.15) is 0 Å². The van der Waals surface area contributed by atoms with Crippen LogP contribution in [0.4, 0.5) is 0 Å². The SMILES string of the molecule is Clc1cc(C2=CC3NCCCC3C2)cnc1Cl. The molecular formula is C13H14Cl2N2. The van der Waals surface area contributed by atoms with Gasteiger partial charge >= 0.3 is 0 Å². The zero-order chi connectivity index (χ0) is 11.8. The van der Waals surface area contributed by atoms with Gasteiger partial charge in [-0.15, -0.1) is 0 Å². The maximum Gasteiger partial charge on any atom is 0.147 e. The monoisotopic (exact) mass is 268 g/mol. The molecule has 2 heterocycles. The van der Waals surface area contributed by atoms with Gasteiger partial charge in [0.25, 0.3) is 0 Å². The average Bonchev–Trinajstić information content (AvgIpc) is 2.76. The topological polar surface area (TPSA) is 24.9 Å². The van der Waals surface area contributed by atoms with E-state index in [9.17, 15) is 0 Å². The molecule has 0 aromatic carbocycles. The van der Waals surface area contributed by atoms with Crippen molar-refractivity contribution in [2.45, 2.75) is 25.3 Å². The molecule has 1 aromatic rings. The lowest BCUT2D eigenvalue weighted by Gasteiger charge is -2.25. The van der Waals surface area contributed by atoms with Crippen LogP contribution in [-0.4, -0.2) is 17.6 Å². The van der Waals surface area contributed by atoms with E-state index in [0.717, 1.165) is 24.4 Å². The van der Waals surface area contributed by atoms with Gasteiger partial charge in [0, 0.05) is 12.2 Å². The van der Waals surface area contributed by atoms with E-state index >= 15 is 0 Å². The Morgan fingerprint density at radius 1 is 1.35 bits per heavy atom. The lowest BCUT2D eigenvalue weighted by atomic mass is 9.92. The highest BCUT2D eigenvalue weighted by molar-refractivity contribution is 6.41. The first kappa shape index (κ1) is 11.5. The summed E-state index contributed by atoms with van der Waals surface area (Å²) in [6.07, 6.45) is 7.86. The van der Waals surface area contributed by atoms with Crippen LogP contribution in [0.2, 0.25) is 10.2 Å². The predicted molar refractivity (Wildman–Crippen MR) is 71.4 cm³/mol. The van der Waals surface area contributed by atoms with Crippen LogP contribution in [0.3, 0.4) is 0 Å². The van der Waals surface area contributed by atoms with Crippen molar-refractivity contribution in [2.24, 2.45) is 5.92 Å². The molecule has 0 radical (unpaired) electrons. The quantitative estimate of drug-likeness (QED) is 0.789. The first-order valence-corrected chi connectivity index (χ1v) is 6.75. The van der Waals surface area contributed by atoms with Crippen LogP contribution in [0, 0.1) is 5.92 Å². The molecule has 0 spiro atoms. The van der Waals surface area contributed by atoms with Crippen molar-refractivity contribution in [3.8, 4) is 0 Å². The van der Waals surface area contributed by atoms with Crippen molar-refractivity contribution >= 4 is 28.8 Å². The predicted octanol–water partition coefficient (Wildman–Crippen LogP) is 3.54. The van der Waals surface area contributed by atoms with E-state index in [0.29, 0.717) is 16.2 Å². The second-order valence-electron chi connectivity index (χ2n) is 4.77. The summed E-state index contributed by atoms with van der Waals surface area (Å²) in [6, 6.07) is 2.45. The van der Waals surface area contributed by atoms with Crippen LogP contribution in [0.25, 0.3) is 5.57 Å². The Morgan fingerprint density at radius 3 is 3.00 bits per heavy atom. The zero-order valence-electron chi connectivity index (χ0n) is 9.42. The molecule has 2 atom stereocenters. The second-order valence-corrected chi connectivity index (χ2v) is 5.54. The number of hydrogen-bond donors (Lipinski definition) is 1. The maximum absolute atomic E-state index is 6.01. The Morgan fingerprint density at radius 2 is 2.24 bits per heavy atom. The lowest BCUT2D eigenvalue weighted by Crippen LogP contribution is -2.37. The Kier molecular flexibility index (Phi) is 3.12. The standard InChI is InChI=1S/C13H14Cl2N2/c14-11-5-10(7-17-13(11)15)9-4-8-2-1-3-16-12(8)6-9/h5-8,12,16H,1-4H2. The fourth-order valence-electron chi connectivity index (χ4n) is 2.78. The minimum Gasteiger partial charge on any atom is -0.310 e. The highest BCUT2D eigenvalue weighted by Crippen LogP contribution is 2.37. The molecule has 90 valence electrons. The first-order valence-electron chi connectivity index (χ1n) is 5.99. The van der Waals surface area contributed by atoms with Gasteiger partial charge in [-0.25, -0.2) is 4.98 Å². The first-order chi connectivity index (χ1) is 8.24. The number of allylic oxidation sites excluding steroid dienone is 1. The van der Waals surface area contributed by atoms with E-state index in [1.165, 1.54) is 18.4 Å². The molecule has 1 aliphatic carbocycles. The molecule has 1 aliphatic heterocycles. The van der Waals surface area contributed by atoms with Gasteiger partial charge in [0.15, 0.2) is 0 Å². The minimum absolute atomic E-state index is 0.379. The molecule has 0 bridgehead atoms. The fourth-order valence-corrected chi connectivity index (χ4v) is 3.05. The van der Waals surface area contributed by atoms with E-state index in [1.807, 2.05) is 12.3 Å². The molecule has 3 rings (SSSR count). The average molecular weight is 269 g/mol. The van der Waals surface area contributed by atoms with E-state index in [1.54, 1.807) is 0 Å². The maximum atomic E-state index is 6.01. The third-order valence-corrected chi connectivity index (χ3v) is 4.36. The number of piperidine rings is 1. The second kappa shape index (κ2) is 4.60. The molecule has 17 heavy (non-hydrogen) atoms. The summed E-state index contributed by atoms with van der Waals surface area (Å²) in [5.74, 6) is 0.744. The number of nitrogens with one attached hydrogen (secondary N) is 1. The van der Waals surface area contributed by atoms with E-state index in [4.69, 9.17) is 23.2 Å². The molecule has 1 N–H and O–H groups in total. The Labute approximate surface area is 111 Å². The highest BCUT2D eigenvalue weighted by atomic mass is 35.5. The molecule has 2 nitrogen and oxygen atoms in total. The highest BCUT2D eigenvalue weighted by Gasteiger charge is 2.30. The van der Waals surface area contributed by atoms with E-state index < -0.39 is 0 Å². The summed E-state index contributed by atoms with van der Waals surface area (Å²) in [5.41, 5.74) is 2.45. The van der Waals surface area contributed by atoms with Gasteiger partial charge < -0.3 is 5.32 Å². The number of fused-ring (bicyclic) bond motifs is 1. The summed E-state index contributed by atoms with van der Waals surface area (Å²) >= 11 is 11.8. The summed E-state index contributed by atoms with van der Waals surface area (Å²) in [4.78, 5) is 4.11. The summed E-state index contributed by atoms with van der Waals surface area (Å²) < 4.78 is 0. The number of nitrogens with zero attached hydrogens (tertiary/aromatic N) is 1. The number of halogens is 2. The van der Waals surface area contributed by atoms with Crippen LogP contribution >= 0.6 is 23.2 Å². The summed E-state index contributed by atoms with van der Waals surface area (Å²) in [7, 11) is 0. The van der Waals surface area contributed by atoms with Gasteiger partial charge in [0.05, 0.1) is 5.02 Å². The van der Waals surface area contributed by atoms with Gasteiger partial charge in [0.2, 0.25) is 0 Å². The molecule has 0 amide bonds. The normalized spacial score (nSPS) is 27.8. The van der Waals surface area contributed by atoms with Crippen LogP contribution in [0.15, 0.2) is 18.3 Å². The van der Waals surface area contributed by atoms with Gasteiger partial charge in [-0.3, -0.25) is 0 Å². The van der Waals surface area contributed by atoms with Crippen LogP contribution < -0.4 is 5.32 Å². The molecule has 0 saturated carbocycles. The number of hydrogen-bond acceptors (Lipinski definition) is 2. The Bertz CT molecular complexity index is 470. The number of rotatable bonds is 1. The molecule has 1 aromatic heterocycles. The number of aromatic nitrogens is 1. The third kappa shape index (κ3) is 2.22. The van der Waals surface area contributed by atoms with Crippen molar-refractivity contribution in [2.75, 3.05) is 6.54 Å². The van der Waals surface area contributed by atoms with Crippen molar-refractivity contribution in [3.05, 3.63) is 34.1 Å². The summed E-state index contributed by atoms with van der Waals surface area (Å²) in [5, 5.41) is 4.47. The number of pyridine rings is 1. The molecule has 2 aliphatic rings.